The van der Waals surface area contributed by atoms with Crippen molar-refractivity contribution in [1.82, 2.24) is 9.55 Å². The zero-order valence-corrected chi connectivity index (χ0v) is 18.3. The fourth-order valence-corrected chi connectivity index (χ4v) is 3.76. The molecule has 10 nitrogen and oxygen atoms in total. The molecule has 1 N–H and O–H groups in total. The fraction of sp³-hybridized carbons (Fsp3) is 0.550. The summed E-state index contributed by atoms with van der Waals surface area (Å²) < 4.78 is 18.1. The number of aliphatic hydroxyl groups is 1. The number of halogens is 1. The van der Waals surface area contributed by atoms with Gasteiger partial charge in [0.2, 0.25) is 0 Å². The van der Waals surface area contributed by atoms with E-state index in [9.17, 15) is 15.2 Å². The summed E-state index contributed by atoms with van der Waals surface area (Å²) in [6.07, 6.45) is 2.39. The number of ether oxygens (including phenoxy) is 3. The molecule has 31 heavy (non-hydrogen) atoms. The largest absolute Gasteiger partial charge is 0.491 e. The van der Waals surface area contributed by atoms with Crippen molar-refractivity contribution < 1.29 is 24.2 Å². The molecule has 1 aromatic heterocycles. The lowest BCUT2D eigenvalue weighted by molar-refractivity contribution is -0.389. The van der Waals surface area contributed by atoms with Crippen molar-refractivity contribution in [2.75, 3.05) is 38.8 Å². The quantitative estimate of drug-likeness (QED) is 0.331. The Bertz CT molecular complexity index is 861. The average Bonchev–Trinajstić information content (AvgIpc) is 3.17. The van der Waals surface area contributed by atoms with Gasteiger partial charge in [-0.3, -0.25) is 4.57 Å². The van der Waals surface area contributed by atoms with E-state index in [4.69, 9.17) is 25.8 Å². The highest BCUT2D eigenvalue weighted by Crippen LogP contribution is 2.30. The minimum Gasteiger partial charge on any atom is -0.491 e. The molecule has 0 aliphatic carbocycles. The molecule has 11 heteroatoms. The van der Waals surface area contributed by atoms with Crippen LogP contribution >= 0.6 is 11.6 Å². The van der Waals surface area contributed by atoms with Crippen LogP contribution in [0.1, 0.15) is 19.3 Å². The number of anilines is 1. The third kappa shape index (κ3) is 5.85. The smallest absolute Gasteiger partial charge is 0.383 e. The number of methoxy groups -OCH3 is 2. The third-order valence-electron chi connectivity index (χ3n) is 5.52. The molecular formula is C20H27ClN4O6. The van der Waals surface area contributed by atoms with Crippen molar-refractivity contribution in [3.63, 3.8) is 0 Å². The topological polar surface area (TPSA) is 112 Å². The van der Waals surface area contributed by atoms with Gasteiger partial charge in [-0.1, -0.05) is 0 Å². The van der Waals surface area contributed by atoms with Gasteiger partial charge >= 0.3 is 11.1 Å². The number of benzene rings is 1. The lowest BCUT2D eigenvalue weighted by Crippen LogP contribution is -2.46. The van der Waals surface area contributed by atoms with Crippen LogP contribution in [0.3, 0.4) is 0 Å². The normalized spacial score (nSPS) is 16.8. The molecule has 2 heterocycles. The fourth-order valence-electron chi connectivity index (χ4n) is 3.54. The molecule has 0 saturated carbocycles. The summed E-state index contributed by atoms with van der Waals surface area (Å²) in [4.78, 5) is 16.0. The minimum absolute atomic E-state index is 0.0151. The van der Waals surface area contributed by atoms with Crippen LogP contribution < -0.4 is 9.64 Å². The Kier molecular flexibility index (Phi) is 7.71. The molecule has 0 spiro atoms. The summed E-state index contributed by atoms with van der Waals surface area (Å²) in [6.45, 7) is 2.05. The van der Waals surface area contributed by atoms with Crippen molar-refractivity contribution in [2.45, 2.75) is 37.7 Å². The van der Waals surface area contributed by atoms with E-state index in [1.807, 2.05) is 24.3 Å². The first-order chi connectivity index (χ1) is 14.9. The lowest BCUT2D eigenvalue weighted by Gasteiger charge is -2.40. The summed E-state index contributed by atoms with van der Waals surface area (Å²) >= 11 is 5.87. The van der Waals surface area contributed by atoms with Gasteiger partial charge in [-0.05, 0) is 52.2 Å². The minimum atomic E-state index is -0.754. The number of nitrogens with zero attached hydrogens (tertiary/aromatic N) is 4. The van der Waals surface area contributed by atoms with E-state index in [1.54, 1.807) is 14.2 Å². The molecule has 3 rings (SSSR count). The number of hydrogen-bond donors (Lipinski definition) is 1. The summed E-state index contributed by atoms with van der Waals surface area (Å²) in [7, 11) is 3.35. The number of aromatic nitrogens is 2. The number of piperidine rings is 1. The van der Waals surface area contributed by atoms with Crippen molar-refractivity contribution in [3.05, 3.63) is 45.9 Å². The molecule has 0 bridgehead atoms. The molecule has 1 aliphatic rings. The highest BCUT2D eigenvalue weighted by molar-refractivity contribution is 6.28. The van der Waals surface area contributed by atoms with E-state index in [-0.39, 0.29) is 17.7 Å². The molecule has 2 aromatic rings. The van der Waals surface area contributed by atoms with Gasteiger partial charge in [0, 0.05) is 52.4 Å². The van der Waals surface area contributed by atoms with Gasteiger partial charge in [0.25, 0.3) is 0 Å². The van der Waals surface area contributed by atoms with Crippen LogP contribution in [-0.4, -0.2) is 65.4 Å². The molecule has 1 aromatic carbocycles. The Balaban J connectivity index is 1.44. The number of nitro groups is 1. The van der Waals surface area contributed by atoms with Crippen molar-refractivity contribution in [2.24, 2.45) is 0 Å². The summed E-state index contributed by atoms with van der Waals surface area (Å²) in [5.74, 6) is -0.166. The Morgan fingerprint density at radius 1 is 1.26 bits per heavy atom. The Hall–Kier alpha value is -2.40. The van der Waals surface area contributed by atoms with Gasteiger partial charge in [0.1, 0.15) is 18.6 Å². The summed E-state index contributed by atoms with van der Waals surface area (Å²) in [6, 6.07) is 7.71. The molecule has 1 aliphatic heterocycles. The standard InChI is InChI=1S/C20H27ClN4O6/c1-29-20(30-2)8-11-23(12-9-20)15-3-5-17(6-4-15)31-14-16(26)7-10-24-13-18(25(27)28)22-19(24)21/h3-6,13,16,26H,7-12,14H2,1-2H3. The van der Waals surface area contributed by atoms with E-state index in [1.165, 1.54) is 10.8 Å². The molecule has 1 atom stereocenters. The van der Waals surface area contributed by atoms with Crippen LogP contribution in [0.25, 0.3) is 0 Å². The number of aliphatic hydroxyl groups excluding tert-OH is 1. The maximum absolute atomic E-state index is 10.7. The Morgan fingerprint density at radius 2 is 1.90 bits per heavy atom. The number of hydrogen-bond acceptors (Lipinski definition) is 8. The third-order valence-corrected chi connectivity index (χ3v) is 5.82. The number of aryl methyl sites for hydroxylation is 1. The lowest BCUT2D eigenvalue weighted by atomic mass is 10.0. The van der Waals surface area contributed by atoms with Crippen molar-refractivity contribution >= 4 is 23.1 Å². The van der Waals surface area contributed by atoms with Crippen molar-refractivity contribution in [1.29, 1.82) is 0 Å². The number of rotatable bonds is 10. The van der Waals surface area contributed by atoms with E-state index < -0.39 is 16.8 Å². The molecule has 170 valence electrons. The summed E-state index contributed by atoms with van der Waals surface area (Å²) in [5, 5.41) is 20.9. The molecule has 0 radical (unpaired) electrons. The van der Waals surface area contributed by atoms with Gasteiger partial charge in [-0.2, -0.15) is 0 Å². The van der Waals surface area contributed by atoms with E-state index in [0.717, 1.165) is 31.6 Å². The monoisotopic (exact) mass is 454 g/mol. The van der Waals surface area contributed by atoms with E-state index >= 15 is 0 Å². The maximum Gasteiger partial charge on any atom is 0.383 e. The maximum atomic E-state index is 10.7. The first-order valence-electron chi connectivity index (χ1n) is 9.99. The van der Waals surface area contributed by atoms with Crippen LogP contribution in [0.5, 0.6) is 5.75 Å². The zero-order chi connectivity index (χ0) is 22.4. The van der Waals surface area contributed by atoms with Crippen LogP contribution in [0.15, 0.2) is 30.5 Å². The average molecular weight is 455 g/mol. The van der Waals surface area contributed by atoms with Crippen molar-refractivity contribution in [3.8, 4) is 5.75 Å². The SMILES string of the molecule is COC1(OC)CCN(c2ccc(OCC(O)CCn3cc([N+](=O)[O-])nc3Cl)cc2)CC1. The highest BCUT2D eigenvalue weighted by Gasteiger charge is 2.34. The van der Waals surface area contributed by atoms with Gasteiger partial charge in [-0.15, -0.1) is 0 Å². The predicted molar refractivity (Wildman–Crippen MR) is 115 cm³/mol. The van der Waals surface area contributed by atoms with Gasteiger partial charge in [-0.25, -0.2) is 0 Å². The second-order valence-electron chi connectivity index (χ2n) is 7.37. The molecule has 0 amide bonds. The molecular weight excluding hydrogens is 428 g/mol. The zero-order valence-electron chi connectivity index (χ0n) is 17.6. The first-order valence-corrected chi connectivity index (χ1v) is 10.4. The molecule has 1 fully saturated rings. The van der Waals surface area contributed by atoms with Gasteiger partial charge in [0.05, 0.1) is 6.10 Å². The second kappa shape index (κ2) is 10.3. The molecule has 1 saturated heterocycles. The highest BCUT2D eigenvalue weighted by atomic mass is 35.5. The first kappa shape index (κ1) is 23.3. The predicted octanol–water partition coefficient (Wildman–Crippen LogP) is 2.86. The van der Waals surface area contributed by atoms with Gasteiger partial charge in [0.15, 0.2) is 5.79 Å². The Morgan fingerprint density at radius 3 is 2.45 bits per heavy atom. The van der Waals surface area contributed by atoms with Crippen LogP contribution in [0, 0.1) is 10.1 Å². The Labute approximate surface area is 185 Å². The van der Waals surface area contributed by atoms with Crippen LogP contribution in [0.2, 0.25) is 5.28 Å². The van der Waals surface area contributed by atoms with E-state index in [0.29, 0.717) is 18.7 Å². The summed E-state index contributed by atoms with van der Waals surface area (Å²) in [5.41, 5.74) is 1.09. The van der Waals surface area contributed by atoms with Crippen LogP contribution in [0.4, 0.5) is 11.5 Å². The molecule has 1 unspecified atom stereocenters. The van der Waals surface area contributed by atoms with E-state index in [2.05, 4.69) is 9.88 Å². The van der Waals surface area contributed by atoms with Crippen LogP contribution in [-0.2, 0) is 16.0 Å². The second-order valence-corrected chi connectivity index (χ2v) is 7.71. The van der Waals surface area contributed by atoms with Gasteiger partial charge < -0.3 is 34.3 Å². The number of imidazole rings is 1.